The van der Waals surface area contributed by atoms with Gasteiger partial charge in [-0.3, -0.25) is 9.59 Å². The predicted octanol–water partition coefficient (Wildman–Crippen LogP) is 1.20. The summed E-state index contributed by atoms with van der Waals surface area (Å²) in [5.74, 6) is -1.76. The average Bonchev–Trinajstić information content (AvgIpc) is 2.35. The molecule has 1 rings (SSSR count). The summed E-state index contributed by atoms with van der Waals surface area (Å²) in [6.45, 7) is 1.68. The van der Waals surface area contributed by atoms with Crippen LogP contribution in [0.3, 0.4) is 0 Å². The van der Waals surface area contributed by atoms with Crippen molar-refractivity contribution >= 4 is 17.6 Å². The van der Waals surface area contributed by atoms with E-state index >= 15 is 0 Å². The minimum absolute atomic E-state index is 0.129. The summed E-state index contributed by atoms with van der Waals surface area (Å²) in [4.78, 5) is 24.3. The van der Waals surface area contributed by atoms with Gasteiger partial charge in [0.15, 0.2) is 0 Å². The molecule has 0 aliphatic rings. The van der Waals surface area contributed by atoms with Crippen molar-refractivity contribution in [1.82, 2.24) is 5.32 Å². The summed E-state index contributed by atoms with van der Waals surface area (Å²) < 4.78 is 0. The first-order chi connectivity index (χ1) is 8.41. The predicted molar refractivity (Wildman–Crippen MR) is 69.9 cm³/mol. The smallest absolute Gasteiger partial charge is 0.308 e. The molecule has 18 heavy (non-hydrogen) atoms. The number of benzene rings is 1. The lowest BCUT2D eigenvalue weighted by molar-refractivity contribution is -0.140. The van der Waals surface area contributed by atoms with Gasteiger partial charge in [0.2, 0.25) is 0 Å². The van der Waals surface area contributed by atoms with Crippen LogP contribution in [-0.4, -0.2) is 37.6 Å². The Bertz CT molecular complexity index is 426. The summed E-state index contributed by atoms with van der Waals surface area (Å²) in [6, 6.07) is 7.12. The molecule has 0 aliphatic carbocycles. The highest BCUT2D eigenvalue weighted by molar-refractivity contribution is 5.94. The van der Waals surface area contributed by atoms with Crippen molar-refractivity contribution in [2.24, 2.45) is 5.92 Å². The molecule has 1 amide bonds. The summed E-state index contributed by atoms with van der Waals surface area (Å²) in [6.07, 6.45) is 0. The van der Waals surface area contributed by atoms with Crippen molar-refractivity contribution in [2.45, 2.75) is 6.92 Å². The molecule has 98 valence electrons. The molecule has 1 aromatic rings. The van der Waals surface area contributed by atoms with E-state index in [-0.39, 0.29) is 12.5 Å². The number of carbonyl (C=O) groups is 2. The molecule has 5 nitrogen and oxygen atoms in total. The van der Waals surface area contributed by atoms with Gasteiger partial charge in [-0.1, -0.05) is 6.92 Å². The SMILES string of the molecule is CC(CNC(=O)c1ccc(N(C)C)cc1)C(=O)O. The van der Waals surface area contributed by atoms with Gasteiger partial charge in [0.1, 0.15) is 0 Å². The second-order valence-electron chi connectivity index (χ2n) is 4.39. The van der Waals surface area contributed by atoms with Gasteiger partial charge >= 0.3 is 5.97 Å². The second kappa shape index (κ2) is 6.05. The zero-order valence-electron chi connectivity index (χ0n) is 10.8. The highest BCUT2D eigenvalue weighted by atomic mass is 16.4. The number of hydrogen-bond acceptors (Lipinski definition) is 3. The molecule has 0 bridgehead atoms. The van der Waals surface area contributed by atoms with Crippen molar-refractivity contribution in [1.29, 1.82) is 0 Å². The normalized spacial score (nSPS) is 11.7. The summed E-state index contributed by atoms with van der Waals surface area (Å²) in [7, 11) is 3.84. The zero-order valence-corrected chi connectivity index (χ0v) is 10.8. The number of aliphatic carboxylic acids is 1. The van der Waals surface area contributed by atoms with Crippen LogP contribution in [0, 0.1) is 5.92 Å². The van der Waals surface area contributed by atoms with Crippen LogP contribution < -0.4 is 10.2 Å². The zero-order chi connectivity index (χ0) is 13.7. The molecular weight excluding hydrogens is 232 g/mol. The van der Waals surface area contributed by atoms with Gasteiger partial charge in [0, 0.05) is 31.9 Å². The Kier molecular flexibility index (Phi) is 4.71. The van der Waals surface area contributed by atoms with Gasteiger partial charge in [-0.25, -0.2) is 0 Å². The molecule has 0 saturated carbocycles. The molecule has 1 atom stereocenters. The van der Waals surface area contributed by atoms with Gasteiger partial charge in [0.05, 0.1) is 5.92 Å². The van der Waals surface area contributed by atoms with Crippen LogP contribution in [0.1, 0.15) is 17.3 Å². The Labute approximate surface area is 106 Å². The van der Waals surface area contributed by atoms with E-state index in [9.17, 15) is 9.59 Å². The third-order valence-electron chi connectivity index (χ3n) is 2.64. The first-order valence-corrected chi connectivity index (χ1v) is 5.70. The molecule has 0 heterocycles. The van der Waals surface area contributed by atoms with E-state index in [1.165, 1.54) is 0 Å². The standard InChI is InChI=1S/C13H18N2O3/c1-9(13(17)18)8-14-12(16)10-4-6-11(7-5-10)15(2)3/h4-7,9H,8H2,1-3H3,(H,14,16)(H,17,18). The number of carboxylic acids is 1. The summed E-state index contributed by atoms with van der Waals surface area (Å²) in [5, 5.41) is 11.3. The number of carboxylic acid groups (broad SMARTS) is 1. The number of amides is 1. The fourth-order valence-corrected chi connectivity index (χ4v) is 1.35. The maximum absolute atomic E-state index is 11.7. The number of nitrogens with one attached hydrogen (secondary N) is 1. The molecule has 0 saturated heterocycles. The van der Waals surface area contributed by atoms with Gasteiger partial charge in [-0.15, -0.1) is 0 Å². The molecule has 2 N–H and O–H groups in total. The number of hydrogen-bond donors (Lipinski definition) is 2. The van der Waals surface area contributed by atoms with E-state index in [2.05, 4.69) is 5.32 Å². The highest BCUT2D eigenvalue weighted by Gasteiger charge is 2.13. The summed E-state index contributed by atoms with van der Waals surface area (Å²) in [5.41, 5.74) is 1.53. The topological polar surface area (TPSA) is 69.6 Å². The molecule has 1 unspecified atom stereocenters. The molecule has 5 heteroatoms. The van der Waals surface area contributed by atoms with E-state index in [4.69, 9.17) is 5.11 Å². The van der Waals surface area contributed by atoms with E-state index in [1.54, 1.807) is 19.1 Å². The largest absolute Gasteiger partial charge is 0.481 e. The number of anilines is 1. The molecule has 0 aliphatic heterocycles. The maximum atomic E-state index is 11.7. The van der Waals surface area contributed by atoms with Crippen LogP contribution in [0.5, 0.6) is 0 Å². The minimum atomic E-state index is -0.918. The minimum Gasteiger partial charge on any atom is -0.481 e. The Balaban J connectivity index is 2.59. The lowest BCUT2D eigenvalue weighted by Crippen LogP contribution is -2.31. The lowest BCUT2D eigenvalue weighted by atomic mass is 10.1. The Morgan fingerprint density at radius 2 is 1.83 bits per heavy atom. The first-order valence-electron chi connectivity index (χ1n) is 5.70. The number of nitrogens with zero attached hydrogens (tertiary/aromatic N) is 1. The molecule has 0 aromatic heterocycles. The van der Waals surface area contributed by atoms with E-state index < -0.39 is 11.9 Å². The average molecular weight is 250 g/mol. The van der Waals surface area contributed by atoms with Crippen molar-refractivity contribution in [3.8, 4) is 0 Å². The van der Waals surface area contributed by atoms with Crippen LogP contribution in [0.25, 0.3) is 0 Å². The second-order valence-corrected chi connectivity index (χ2v) is 4.39. The van der Waals surface area contributed by atoms with Crippen molar-refractivity contribution < 1.29 is 14.7 Å². The highest BCUT2D eigenvalue weighted by Crippen LogP contribution is 2.12. The van der Waals surface area contributed by atoms with Crippen LogP contribution >= 0.6 is 0 Å². The molecule has 1 aromatic carbocycles. The molecular formula is C13H18N2O3. The van der Waals surface area contributed by atoms with E-state index in [0.29, 0.717) is 5.56 Å². The van der Waals surface area contributed by atoms with Crippen LogP contribution in [0.15, 0.2) is 24.3 Å². The lowest BCUT2D eigenvalue weighted by Gasteiger charge is -2.13. The fourth-order valence-electron chi connectivity index (χ4n) is 1.35. The van der Waals surface area contributed by atoms with Crippen molar-refractivity contribution in [3.05, 3.63) is 29.8 Å². The van der Waals surface area contributed by atoms with Crippen LogP contribution in [0.4, 0.5) is 5.69 Å². The van der Waals surface area contributed by atoms with Crippen molar-refractivity contribution in [2.75, 3.05) is 25.5 Å². The monoisotopic (exact) mass is 250 g/mol. The first kappa shape index (κ1) is 14.0. The van der Waals surface area contributed by atoms with Crippen LogP contribution in [0.2, 0.25) is 0 Å². The van der Waals surface area contributed by atoms with Gasteiger partial charge in [0.25, 0.3) is 5.91 Å². The van der Waals surface area contributed by atoms with Crippen LogP contribution in [-0.2, 0) is 4.79 Å². The fraction of sp³-hybridized carbons (Fsp3) is 0.385. The Morgan fingerprint density at radius 3 is 2.28 bits per heavy atom. The third-order valence-corrected chi connectivity index (χ3v) is 2.64. The van der Waals surface area contributed by atoms with Gasteiger partial charge < -0.3 is 15.3 Å². The molecule has 0 spiro atoms. The van der Waals surface area contributed by atoms with E-state index in [1.807, 2.05) is 31.1 Å². The third kappa shape index (κ3) is 3.76. The molecule has 0 fully saturated rings. The Hall–Kier alpha value is -2.04. The Morgan fingerprint density at radius 1 is 1.28 bits per heavy atom. The van der Waals surface area contributed by atoms with E-state index in [0.717, 1.165) is 5.69 Å². The maximum Gasteiger partial charge on any atom is 0.308 e. The quantitative estimate of drug-likeness (QED) is 0.824. The van der Waals surface area contributed by atoms with Crippen molar-refractivity contribution in [3.63, 3.8) is 0 Å². The molecule has 0 radical (unpaired) electrons. The van der Waals surface area contributed by atoms with Gasteiger partial charge in [-0.2, -0.15) is 0 Å². The number of carbonyl (C=O) groups excluding carboxylic acids is 1. The summed E-state index contributed by atoms with van der Waals surface area (Å²) >= 11 is 0. The van der Waals surface area contributed by atoms with Gasteiger partial charge in [-0.05, 0) is 24.3 Å². The number of rotatable bonds is 5.